The number of hydrogen-bond acceptors (Lipinski definition) is 5. The van der Waals surface area contributed by atoms with E-state index in [-0.39, 0.29) is 18.4 Å². The maximum absolute atomic E-state index is 12.5. The van der Waals surface area contributed by atoms with Gasteiger partial charge in [0.05, 0.1) is 16.6 Å². The average Bonchev–Trinajstić information content (AvgIpc) is 2.93. The minimum absolute atomic E-state index is 0.209. The Bertz CT molecular complexity index is 989. The maximum Gasteiger partial charge on any atom is 0.338 e. The monoisotopic (exact) mass is 351 g/mol. The van der Waals surface area contributed by atoms with E-state index in [0.717, 1.165) is 11.4 Å². The predicted octanol–water partition coefficient (Wildman–Crippen LogP) is 3.67. The molecule has 2 aromatic heterocycles. The Balaban J connectivity index is 1.72. The first-order valence-corrected chi connectivity index (χ1v) is 8.48. The van der Waals surface area contributed by atoms with Crippen LogP contribution in [-0.4, -0.2) is 32.9 Å². The molecule has 6 heteroatoms. The second-order valence-corrected chi connectivity index (χ2v) is 6.51. The molecule has 0 N–H and O–H groups in total. The smallest absolute Gasteiger partial charge is 0.338 e. The predicted molar refractivity (Wildman–Crippen MR) is 98.4 cm³/mol. The van der Waals surface area contributed by atoms with Gasteiger partial charge in [-0.1, -0.05) is 0 Å². The third-order valence-electron chi connectivity index (χ3n) is 4.34. The second-order valence-electron chi connectivity index (χ2n) is 6.51. The standard InChI is InChI=1S/C20H21N3O3/c1-12(2)23-13(3)9-16(14(23)4)19(24)11-26-20(25)15-5-6-17-18(10-15)22-8-7-21-17/h5-10,12H,11H2,1-4H3. The molecule has 0 bridgehead atoms. The number of hydrogen-bond donors (Lipinski definition) is 0. The molecule has 0 fully saturated rings. The summed E-state index contributed by atoms with van der Waals surface area (Å²) < 4.78 is 7.31. The van der Waals surface area contributed by atoms with Crippen LogP contribution in [0.4, 0.5) is 0 Å². The molecule has 0 aliphatic heterocycles. The van der Waals surface area contributed by atoms with Gasteiger partial charge in [-0.3, -0.25) is 14.8 Å². The third kappa shape index (κ3) is 3.35. The SMILES string of the molecule is Cc1cc(C(=O)COC(=O)c2ccc3nccnc3c2)c(C)n1C(C)C. The number of nitrogens with zero attached hydrogens (tertiary/aromatic N) is 3. The van der Waals surface area contributed by atoms with E-state index in [1.807, 2.05) is 19.9 Å². The van der Waals surface area contributed by atoms with Gasteiger partial charge in [-0.25, -0.2) is 4.79 Å². The number of ketones is 1. The van der Waals surface area contributed by atoms with Gasteiger partial charge in [0, 0.05) is 35.4 Å². The number of fused-ring (bicyclic) bond motifs is 1. The van der Waals surface area contributed by atoms with Crippen molar-refractivity contribution in [3.63, 3.8) is 0 Å². The zero-order valence-electron chi connectivity index (χ0n) is 15.3. The number of benzene rings is 1. The first kappa shape index (κ1) is 17.8. The van der Waals surface area contributed by atoms with E-state index >= 15 is 0 Å². The van der Waals surface area contributed by atoms with Crippen LogP contribution in [0, 0.1) is 13.8 Å². The Morgan fingerprint density at radius 3 is 2.42 bits per heavy atom. The second kappa shape index (κ2) is 7.07. The molecular formula is C20H21N3O3. The highest BCUT2D eigenvalue weighted by atomic mass is 16.5. The molecule has 134 valence electrons. The quantitative estimate of drug-likeness (QED) is 0.518. The molecule has 0 aliphatic rings. The largest absolute Gasteiger partial charge is 0.454 e. The van der Waals surface area contributed by atoms with Crippen molar-refractivity contribution >= 4 is 22.8 Å². The lowest BCUT2D eigenvalue weighted by molar-refractivity contribution is 0.0474. The fourth-order valence-electron chi connectivity index (χ4n) is 3.24. The van der Waals surface area contributed by atoms with Crippen LogP contribution in [0.1, 0.15) is 52.0 Å². The van der Waals surface area contributed by atoms with E-state index < -0.39 is 5.97 Å². The first-order valence-electron chi connectivity index (χ1n) is 8.48. The zero-order chi connectivity index (χ0) is 18.8. The molecule has 1 aromatic carbocycles. The van der Waals surface area contributed by atoms with Crippen LogP contribution < -0.4 is 0 Å². The van der Waals surface area contributed by atoms with Crippen LogP contribution in [0.3, 0.4) is 0 Å². The summed E-state index contributed by atoms with van der Waals surface area (Å²) in [5.74, 6) is -0.762. The molecule has 0 aliphatic carbocycles. The van der Waals surface area contributed by atoms with E-state index in [1.54, 1.807) is 30.6 Å². The van der Waals surface area contributed by atoms with Gasteiger partial charge in [-0.2, -0.15) is 0 Å². The van der Waals surface area contributed by atoms with Gasteiger partial charge in [0.1, 0.15) is 0 Å². The van der Waals surface area contributed by atoms with Crippen molar-refractivity contribution in [2.45, 2.75) is 33.7 Å². The fraction of sp³-hybridized carbons (Fsp3) is 0.300. The molecule has 3 aromatic rings. The zero-order valence-corrected chi connectivity index (χ0v) is 15.3. The molecule has 0 atom stereocenters. The van der Waals surface area contributed by atoms with Crippen LogP contribution >= 0.6 is 0 Å². The number of aromatic nitrogens is 3. The lowest BCUT2D eigenvalue weighted by atomic mass is 10.1. The van der Waals surface area contributed by atoms with E-state index in [4.69, 9.17) is 4.74 Å². The highest BCUT2D eigenvalue weighted by Crippen LogP contribution is 2.21. The van der Waals surface area contributed by atoms with Crippen molar-refractivity contribution in [3.8, 4) is 0 Å². The topological polar surface area (TPSA) is 74.1 Å². The first-order chi connectivity index (χ1) is 12.4. The number of Topliss-reactive ketones (excluding diaryl/α,β-unsaturated/α-hetero) is 1. The number of aryl methyl sites for hydroxylation is 1. The van der Waals surface area contributed by atoms with Gasteiger partial charge in [-0.05, 0) is 52.0 Å². The number of ether oxygens (including phenoxy) is 1. The van der Waals surface area contributed by atoms with Crippen LogP contribution in [0.5, 0.6) is 0 Å². The lowest BCUT2D eigenvalue weighted by Crippen LogP contribution is -2.15. The van der Waals surface area contributed by atoms with E-state index in [9.17, 15) is 9.59 Å². The average molecular weight is 351 g/mol. The summed E-state index contributed by atoms with van der Waals surface area (Å²) in [5.41, 5.74) is 4.14. The van der Waals surface area contributed by atoms with Gasteiger partial charge in [-0.15, -0.1) is 0 Å². The molecule has 6 nitrogen and oxygen atoms in total. The molecular weight excluding hydrogens is 330 g/mol. The summed E-state index contributed by atoms with van der Waals surface area (Å²) in [6, 6.07) is 7.04. The summed E-state index contributed by atoms with van der Waals surface area (Å²) in [7, 11) is 0. The number of esters is 1. The molecule has 0 amide bonds. The van der Waals surface area contributed by atoms with Gasteiger partial charge in [0.2, 0.25) is 5.78 Å². The minimum Gasteiger partial charge on any atom is -0.454 e. The van der Waals surface area contributed by atoms with E-state index in [1.165, 1.54) is 0 Å². The Labute approximate surface area is 151 Å². The highest BCUT2D eigenvalue weighted by Gasteiger charge is 2.19. The van der Waals surface area contributed by atoms with E-state index in [0.29, 0.717) is 22.2 Å². The van der Waals surface area contributed by atoms with Crippen LogP contribution in [0.25, 0.3) is 11.0 Å². The van der Waals surface area contributed by atoms with Crippen LogP contribution in [0.15, 0.2) is 36.7 Å². The summed E-state index contributed by atoms with van der Waals surface area (Å²) in [4.78, 5) is 33.1. The van der Waals surface area contributed by atoms with Gasteiger partial charge in [0.15, 0.2) is 6.61 Å². The summed E-state index contributed by atoms with van der Waals surface area (Å²) in [6.07, 6.45) is 3.15. The molecule has 0 radical (unpaired) electrons. The van der Waals surface area contributed by atoms with Crippen molar-refractivity contribution in [2.24, 2.45) is 0 Å². The Morgan fingerprint density at radius 1 is 1.08 bits per heavy atom. The van der Waals surface area contributed by atoms with Gasteiger partial charge < -0.3 is 9.30 Å². The molecule has 2 heterocycles. The van der Waals surface area contributed by atoms with Crippen molar-refractivity contribution in [2.75, 3.05) is 6.61 Å². The molecule has 26 heavy (non-hydrogen) atoms. The van der Waals surface area contributed by atoms with Gasteiger partial charge in [0.25, 0.3) is 0 Å². The fourth-order valence-corrected chi connectivity index (χ4v) is 3.24. The summed E-state index contributed by atoms with van der Waals surface area (Å²) in [5, 5.41) is 0. The molecule has 3 rings (SSSR count). The minimum atomic E-state index is -0.552. The third-order valence-corrected chi connectivity index (χ3v) is 4.34. The number of carbonyl (C=O) groups is 2. The van der Waals surface area contributed by atoms with Crippen molar-refractivity contribution < 1.29 is 14.3 Å². The lowest BCUT2D eigenvalue weighted by Gasteiger charge is -2.13. The van der Waals surface area contributed by atoms with Gasteiger partial charge >= 0.3 is 5.97 Å². The summed E-state index contributed by atoms with van der Waals surface area (Å²) >= 11 is 0. The Kier molecular flexibility index (Phi) is 4.84. The van der Waals surface area contributed by atoms with Crippen LogP contribution in [0.2, 0.25) is 0 Å². The Hall–Kier alpha value is -3.02. The van der Waals surface area contributed by atoms with Crippen LogP contribution in [-0.2, 0) is 4.74 Å². The molecule has 0 unspecified atom stereocenters. The summed E-state index contributed by atoms with van der Waals surface area (Å²) in [6.45, 7) is 7.71. The van der Waals surface area contributed by atoms with Crippen molar-refractivity contribution in [1.82, 2.24) is 14.5 Å². The molecule has 0 spiro atoms. The molecule has 0 saturated heterocycles. The van der Waals surface area contributed by atoms with Crippen molar-refractivity contribution in [1.29, 1.82) is 0 Å². The number of carbonyl (C=O) groups excluding carboxylic acids is 2. The van der Waals surface area contributed by atoms with Crippen molar-refractivity contribution in [3.05, 3.63) is 59.2 Å². The normalized spacial score (nSPS) is 11.1. The Morgan fingerprint density at radius 2 is 1.77 bits per heavy atom. The number of rotatable bonds is 5. The maximum atomic E-state index is 12.5. The van der Waals surface area contributed by atoms with E-state index in [2.05, 4.69) is 28.4 Å². The molecule has 0 saturated carbocycles. The highest BCUT2D eigenvalue weighted by molar-refractivity contribution is 6.01.